The second-order valence-corrected chi connectivity index (χ2v) is 8.95. The van der Waals surface area contributed by atoms with Gasteiger partial charge < -0.3 is 20.7 Å². The van der Waals surface area contributed by atoms with Crippen molar-refractivity contribution in [2.75, 3.05) is 12.4 Å². The topological polar surface area (TPSA) is 62.4 Å². The lowest BCUT2D eigenvalue weighted by molar-refractivity contribution is 0.0934. The van der Waals surface area contributed by atoms with Crippen molar-refractivity contribution in [3.63, 3.8) is 0 Å². The van der Waals surface area contributed by atoms with Crippen LogP contribution in [-0.2, 0) is 0 Å². The van der Waals surface area contributed by atoms with Gasteiger partial charge in [0.25, 0.3) is 5.91 Å². The van der Waals surface area contributed by atoms with Gasteiger partial charge in [-0.1, -0.05) is 68.9 Å². The SMILES string of the molecule is COc1ccccc1NC(=S)N[C@@H](NC(=O)c1cccc(Br)c1)C(Cl)(Cl)Cl. The first-order valence-electron chi connectivity index (χ1n) is 7.54. The average molecular weight is 512 g/mol. The van der Waals surface area contributed by atoms with E-state index in [4.69, 9.17) is 51.8 Å². The van der Waals surface area contributed by atoms with Crippen LogP contribution in [0.2, 0.25) is 0 Å². The van der Waals surface area contributed by atoms with Gasteiger partial charge in [-0.15, -0.1) is 0 Å². The number of thiocarbonyl (C=S) groups is 1. The van der Waals surface area contributed by atoms with E-state index in [2.05, 4.69) is 31.9 Å². The number of anilines is 1. The van der Waals surface area contributed by atoms with E-state index in [0.29, 0.717) is 17.0 Å². The number of nitrogens with one attached hydrogen (secondary N) is 3. The fraction of sp³-hybridized carbons (Fsp3) is 0.176. The fourth-order valence-corrected chi connectivity index (χ4v) is 3.04. The predicted molar refractivity (Wildman–Crippen MR) is 118 cm³/mol. The maximum absolute atomic E-state index is 12.5. The molecule has 0 radical (unpaired) electrons. The number of hydrogen-bond donors (Lipinski definition) is 3. The van der Waals surface area contributed by atoms with E-state index in [9.17, 15) is 4.79 Å². The molecule has 2 aromatic carbocycles. The molecule has 2 aromatic rings. The summed E-state index contributed by atoms with van der Waals surface area (Å²) in [5, 5.41) is 8.51. The molecule has 0 saturated carbocycles. The van der Waals surface area contributed by atoms with Crippen LogP contribution in [0.4, 0.5) is 5.69 Å². The highest BCUT2D eigenvalue weighted by Crippen LogP contribution is 2.30. The zero-order valence-electron chi connectivity index (χ0n) is 13.9. The number of para-hydroxylation sites is 2. The molecule has 0 bridgehead atoms. The molecule has 0 saturated heterocycles. The van der Waals surface area contributed by atoms with E-state index in [-0.39, 0.29) is 5.11 Å². The van der Waals surface area contributed by atoms with Crippen molar-refractivity contribution in [1.29, 1.82) is 0 Å². The van der Waals surface area contributed by atoms with Crippen molar-refractivity contribution in [1.82, 2.24) is 10.6 Å². The molecule has 5 nitrogen and oxygen atoms in total. The Bertz CT molecular complexity index is 833. The van der Waals surface area contributed by atoms with Gasteiger partial charge >= 0.3 is 0 Å². The first-order valence-corrected chi connectivity index (χ1v) is 9.88. The smallest absolute Gasteiger partial charge is 0.253 e. The van der Waals surface area contributed by atoms with Gasteiger partial charge in [0.1, 0.15) is 11.9 Å². The van der Waals surface area contributed by atoms with E-state index < -0.39 is 15.9 Å². The molecule has 0 spiro atoms. The summed E-state index contributed by atoms with van der Waals surface area (Å²) in [5.74, 6) is 0.158. The molecule has 27 heavy (non-hydrogen) atoms. The molecule has 0 fully saturated rings. The van der Waals surface area contributed by atoms with Crippen LogP contribution in [0.3, 0.4) is 0 Å². The molecule has 0 heterocycles. The van der Waals surface area contributed by atoms with E-state index in [1.165, 1.54) is 0 Å². The number of amides is 1. The van der Waals surface area contributed by atoms with Crippen LogP contribution in [-0.4, -0.2) is 28.1 Å². The summed E-state index contributed by atoms with van der Waals surface area (Å²) in [7, 11) is 1.54. The number of alkyl halides is 3. The summed E-state index contributed by atoms with van der Waals surface area (Å²) >= 11 is 26.6. The van der Waals surface area contributed by atoms with Crippen molar-refractivity contribution < 1.29 is 9.53 Å². The Hall–Kier alpha value is -1.25. The van der Waals surface area contributed by atoms with Crippen LogP contribution in [0, 0.1) is 0 Å². The maximum Gasteiger partial charge on any atom is 0.253 e. The van der Waals surface area contributed by atoms with E-state index in [1.54, 1.807) is 43.5 Å². The highest BCUT2D eigenvalue weighted by Gasteiger charge is 2.35. The third kappa shape index (κ3) is 6.69. The van der Waals surface area contributed by atoms with Crippen molar-refractivity contribution in [2.24, 2.45) is 0 Å². The van der Waals surface area contributed by atoms with Crippen molar-refractivity contribution in [3.8, 4) is 5.75 Å². The van der Waals surface area contributed by atoms with E-state index in [1.807, 2.05) is 12.1 Å². The number of benzene rings is 2. The van der Waals surface area contributed by atoms with Crippen molar-refractivity contribution in [2.45, 2.75) is 9.96 Å². The van der Waals surface area contributed by atoms with Gasteiger partial charge in [-0.2, -0.15) is 0 Å². The summed E-state index contributed by atoms with van der Waals surface area (Å²) in [4.78, 5) is 12.5. The second-order valence-electron chi connectivity index (χ2n) is 5.26. The highest BCUT2D eigenvalue weighted by atomic mass is 79.9. The van der Waals surface area contributed by atoms with Gasteiger partial charge in [-0.25, -0.2) is 0 Å². The minimum absolute atomic E-state index is 0.144. The summed E-state index contributed by atoms with van der Waals surface area (Å²) in [5.41, 5.74) is 1.02. The lowest BCUT2D eigenvalue weighted by atomic mass is 10.2. The average Bonchev–Trinajstić information content (AvgIpc) is 2.60. The molecule has 0 aliphatic carbocycles. The standard InChI is InChI=1S/C17H15BrCl3N3O2S/c1-26-13-8-3-2-7-12(13)22-16(27)24-15(17(19,20)21)23-14(25)10-5-4-6-11(18)9-10/h2-9,15H,1H3,(H,23,25)(H2,22,24,27)/t15-/m1/s1. The Morgan fingerprint density at radius 1 is 1.15 bits per heavy atom. The first kappa shape index (κ1) is 22.0. The molecule has 0 aromatic heterocycles. The number of carbonyl (C=O) groups is 1. The summed E-state index contributed by atoms with van der Waals surface area (Å²) in [6.45, 7) is 0. The van der Waals surface area contributed by atoms with Gasteiger partial charge in [-0.3, -0.25) is 4.79 Å². The summed E-state index contributed by atoms with van der Waals surface area (Å²) in [6.07, 6.45) is -1.08. The van der Waals surface area contributed by atoms with Gasteiger partial charge in [0.05, 0.1) is 12.8 Å². The number of hydrogen-bond acceptors (Lipinski definition) is 3. The molecule has 10 heteroatoms. The van der Waals surface area contributed by atoms with Gasteiger partial charge in [0.15, 0.2) is 5.11 Å². The Kier molecular flexibility index (Phi) is 8.00. The molecule has 144 valence electrons. The van der Waals surface area contributed by atoms with Gasteiger partial charge in [-0.05, 0) is 42.5 Å². The normalized spacial score (nSPS) is 12.0. The predicted octanol–water partition coefficient (Wildman–Crippen LogP) is 4.87. The van der Waals surface area contributed by atoms with Gasteiger partial charge in [0.2, 0.25) is 3.79 Å². The minimum Gasteiger partial charge on any atom is -0.495 e. The van der Waals surface area contributed by atoms with Crippen LogP contribution in [0.15, 0.2) is 53.0 Å². The molecular formula is C17H15BrCl3N3O2S. The Labute approximate surface area is 185 Å². The molecular weight excluding hydrogens is 497 g/mol. The van der Waals surface area contributed by atoms with E-state index in [0.717, 1.165) is 4.47 Å². The molecule has 3 N–H and O–H groups in total. The lowest BCUT2D eigenvalue weighted by Crippen LogP contribution is -2.56. The fourth-order valence-electron chi connectivity index (χ4n) is 2.08. The summed E-state index contributed by atoms with van der Waals surface area (Å²) < 4.78 is 4.15. The summed E-state index contributed by atoms with van der Waals surface area (Å²) in [6, 6.07) is 14.0. The van der Waals surface area contributed by atoms with Gasteiger partial charge in [0, 0.05) is 10.0 Å². The molecule has 2 rings (SSSR count). The molecule has 0 unspecified atom stereocenters. The number of halogens is 4. The quantitative estimate of drug-likeness (QED) is 0.304. The van der Waals surface area contributed by atoms with Crippen molar-refractivity contribution >= 4 is 79.7 Å². The largest absolute Gasteiger partial charge is 0.495 e. The number of ether oxygens (including phenoxy) is 1. The monoisotopic (exact) mass is 509 g/mol. The van der Waals surface area contributed by atoms with Crippen molar-refractivity contribution in [3.05, 3.63) is 58.6 Å². The first-order chi connectivity index (χ1) is 12.7. The molecule has 1 amide bonds. The Morgan fingerprint density at radius 3 is 2.48 bits per heavy atom. The highest BCUT2D eigenvalue weighted by molar-refractivity contribution is 9.10. The third-order valence-electron chi connectivity index (χ3n) is 3.32. The maximum atomic E-state index is 12.5. The Morgan fingerprint density at radius 2 is 1.85 bits per heavy atom. The molecule has 0 aliphatic heterocycles. The zero-order chi connectivity index (χ0) is 20.0. The van der Waals surface area contributed by atoms with Crippen LogP contribution in [0.5, 0.6) is 5.75 Å². The molecule has 0 aliphatic rings. The number of methoxy groups -OCH3 is 1. The Balaban J connectivity index is 2.10. The lowest BCUT2D eigenvalue weighted by Gasteiger charge is -2.28. The number of rotatable bonds is 5. The zero-order valence-corrected chi connectivity index (χ0v) is 18.6. The number of carbonyl (C=O) groups excluding carboxylic acids is 1. The second kappa shape index (κ2) is 9.80. The van der Waals surface area contributed by atoms with Crippen LogP contribution in [0.25, 0.3) is 0 Å². The molecule has 1 atom stereocenters. The third-order valence-corrected chi connectivity index (χ3v) is 4.69. The van der Waals surface area contributed by atoms with Crippen LogP contribution >= 0.6 is 63.0 Å². The van der Waals surface area contributed by atoms with Crippen LogP contribution < -0.4 is 20.7 Å². The van der Waals surface area contributed by atoms with Crippen LogP contribution in [0.1, 0.15) is 10.4 Å². The van der Waals surface area contributed by atoms with E-state index >= 15 is 0 Å². The minimum atomic E-state index is -1.85.